The second-order valence-electron chi connectivity index (χ2n) is 2.97. The molecule has 1 N–H and O–H groups in total. The van der Waals surface area contributed by atoms with Gasteiger partial charge in [0.2, 0.25) is 0 Å². The Morgan fingerprint density at radius 1 is 1.53 bits per heavy atom. The number of aromatic carboxylic acids is 1. The number of nitrogens with zero attached hydrogens (tertiary/aromatic N) is 2. The van der Waals surface area contributed by atoms with Crippen molar-refractivity contribution in [2.75, 3.05) is 18.0 Å². The molecular weight excluding hydrogens is 216 g/mol. The second-order valence-corrected chi connectivity index (χ2v) is 3.35. The molecule has 0 unspecified atom stereocenters. The number of halogens is 1. The Bertz CT molecular complexity index is 364. The van der Waals surface area contributed by atoms with Crippen LogP contribution < -0.4 is 4.90 Å². The number of anilines is 1. The molecule has 82 valence electrons. The van der Waals surface area contributed by atoms with Gasteiger partial charge < -0.3 is 10.0 Å². The first-order valence-corrected chi connectivity index (χ1v) is 5.12. The Morgan fingerprint density at radius 2 is 2.13 bits per heavy atom. The van der Waals surface area contributed by atoms with Crippen LogP contribution in [0.25, 0.3) is 0 Å². The molecule has 0 aliphatic carbocycles. The summed E-state index contributed by atoms with van der Waals surface area (Å²) in [4.78, 5) is 16.8. The van der Waals surface area contributed by atoms with Crippen LogP contribution >= 0.6 is 11.6 Å². The van der Waals surface area contributed by atoms with Gasteiger partial charge in [-0.2, -0.15) is 0 Å². The van der Waals surface area contributed by atoms with Crippen LogP contribution in [0.5, 0.6) is 0 Å². The van der Waals surface area contributed by atoms with E-state index in [0.717, 1.165) is 13.1 Å². The molecule has 1 aromatic heterocycles. The molecule has 4 nitrogen and oxygen atoms in total. The van der Waals surface area contributed by atoms with E-state index >= 15 is 0 Å². The molecule has 1 heterocycles. The van der Waals surface area contributed by atoms with Crippen LogP contribution in [0.3, 0.4) is 0 Å². The topological polar surface area (TPSA) is 53.4 Å². The molecule has 0 bridgehead atoms. The number of pyridine rings is 1. The lowest BCUT2D eigenvalue weighted by molar-refractivity contribution is 0.0697. The number of carboxylic acid groups (broad SMARTS) is 1. The normalized spacial score (nSPS) is 10.1. The average molecular weight is 229 g/mol. The molecule has 0 atom stereocenters. The Balaban J connectivity index is 3.19. The molecule has 0 spiro atoms. The lowest BCUT2D eigenvalue weighted by Crippen LogP contribution is -2.23. The molecule has 0 saturated heterocycles. The summed E-state index contributed by atoms with van der Waals surface area (Å²) in [6.45, 7) is 5.42. The van der Waals surface area contributed by atoms with E-state index in [-0.39, 0.29) is 10.6 Å². The van der Waals surface area contributed by atoms with E-state index in [4.69, 9.17) is 16.7 Å². The highest BCUT2D eigenvalue weighted by molar-refractivity contribution is 6.35. The van der Waals surface area contributed by atoms with E-state index in [1.54, 1.807) is 0 Å². The fourth-order valence-corrected chi connectivity index (χ4v) is 1.65. The molecular formula is C10H13ClN2O2. The van der Waals surface area contributed by atoms with Gasteiger partial charge in [0.1, 0.15) is 5.82 Å². The smallest absolute Gasteiger partial charge is 0.337 e. The molecule has 0 aromatic carbocycles. The summed E-state index contributed by atoms with van der Waals surface area (Å²) in [5.41, 5.74) is 0.0913. The fraction of sp³-hybridized carbons (Fsp3) is 0.400. The van der Waals surface area contributed by atoms with Gasteiger partial charge in [0.15, 0.2) is 0 Å². The van der Waals surface area contributed by atoms with E-state index in [9.17, 15) is 4.79 Å². The number of rotatable bonds is 4. The van der Waals surface area contributed by atoms with Crippen molar-refractivity contribution >= 4 is 23.4 Å². The van der Waals surface area contributed by atoms with Crippen molar-refractivity contribution in [1.29, 1.82) is 0 Å². The minimum atomic E-state index is -1.03. The first-order valence-electron chi connectivity index (χ1n) is 4.74. The highest BCUT2D eigenvalue weighted by Gasteiger charge is 2.16. The fourth-order valence-electron chi connectivity index (χ4n) is 1.34. The SMILES string of the molecule is CCN(CC)c1nccc(C(=O)O)c1Cl. The maximum Gasteiger partial charge on any atom is 0.337 e. The molecule has 0 radical (unpaired) electrons. The predicted molar refractivity (Wildman–Crippen MR) is 59.8 cm³/mol. The molecule has 1 rings (SSSR count). The van der Waals surface area contributed by atoms with Crippen LogP contribution in [-0.4, -0.2) is 29.1 Å². The van der Waals surface area contributed by atoms with Crippen LogP contribution in [0.2, 0.25) is 5.02 Å². The van der Waals surface area contributed by atoms with Crippen LogP contribution in [0.1, 0.15) is 24.2 Å². The first kappa shape index (κ1) is 11.8. The van der Waals surface area contributed by atoms with Crippen molar-refractivity contribution in [1.82, 2.24) is 4.98 Å². The Labute approximate surface area is 93.5 Å². The number of hydrogen-bond acceptors (Lipinski definition) is 3. The van der Waals surface area contributed by atoms with Crippen molar-refractivity contribution in [2.24, 2.45) is 0 Å². The number of hydrogen-bond donors (Lipinski definition) is 1. The van der Waals surface area contributed by atoms with Crippen LogP contribution in [0, 0.1) is 0 Å². The number of carboxylic acids is 1. The average Bonchev–Trinajstić information content (AvgIpc) is 2.21. The largest absolute Gasteiger partial charge is 0.478 e. The molecule has 15 heavy (non-hydrogen) atoms. The van der Waals surface area contributed by atoms with Gasteiger partial charge in [-0.25, -0.2) is 9.78 Å². The van der Waals surface area contributed by atoms with Gasteiger partial charge in [-0.3, -0.25) is 0 Å². The van der Waals surface area contributed by atoms with E-state index in [1.165, 1.54) is 12.3 Å². The van der Waals surface area contributed by atoms with Crippen molar-refractivity contribution < 1.29 is 9.90 Å². The minimum Gasteiger partial charge on any atom is -0.478 e. The monoisotopic (exact) mass is 228 g/mol. The first-order chi connectivity index (χ1) is 7.11. The van der Waals surface area contributed by atoms with E-state index in [0.29, 0.717) is 5.82 Å². The zero-order valence-electron chi connectivity index (χ0n) is 8.70. The standard InChI is InChI=1S/C10H13ClN2O2/c1-3-13(4-2)9-8(11)7(10(14)15)5-6-12-9/h5-6H,3-4H2,1-2H3,(H,14,15). The van der Waals surface area contributed by atoms with Crippen molar-refractivity contribution in [3.63, 3.8) is 0 Å². The lowest BCUT2D eigenvalue weighted by atomic mass is 10.2. The van der Waals surface area contributed by atoms with Gasteiger partial charge in [-0.1, -0.05) is 11.6 Å². The van der Waals surface area contributed by atoms with Crippen LogP contribution in [-0.2, 0) is 0 Å². The highest BCUT2D eigenvalue weighted by Crippen LogP contribution is 2.26. The quantitative estimate of drug-likeness (QED) is 0.859. The van der Waals surface area contributed by atoms with Crippen LogP contribution in [0.15, 0.2) is 12.3 Å². The summed E-state index contributed by atoms with van der Waals surface area (Å²) in [5, 5.41) is 9.09. The zero-order valence-corrected chi connectivity index (χ0v) is 9.45. The maximum absolute atomic E-state index is 10.8. The van der Waals surface area contributed by atoms with E-state index < -0.39 is 5.97 Å². The second kappa shape index (κ2) is 4.98. The third-order valence-electron chi connectivity index (χ3n) is 2.16. The van der Waals surface area contributed by atoms with E-state index in [2.05, 4.69) is 4.98 Å². The molecule has 1 aromatic rings. The summed E-state index contributed by atoms with van der Waals surface area (Å²) < 4.78 is 0. The lowest BCUT2D eigenvalue weighted by Gasteiger charge is -2.21. The highest BCUT2D eigenvalue weighted by atomic mass is 35.5. The van der Waals surface area contributed by atoms with Gasteiger partial charge in [-0.15, -0.1) is 0 Å². The Morgan fingerprint density at radius 3 is 2.60 bits per heavy atom. The summed E-state index contributed by atoms with van der Waals surface area (Å²) in [6.07, 6.45) is 1.46. The van der Waals surface area contributed by atoms with Gasteiger partial charge in [-0.05, 0) is 19.9 Å². The number of carbonyl (C=O) groups is 1. The summed E-state index contributed by atoms with van der Waals surface area (Å²) >= 11 is 5.97. The molecule has 0 aliphatic heterocycles. The van der Waals surface area contributed by atoms with Gasteiger partial charge in [0, 0.05) is 19.3 Å². The van der Waals surface area contributed by atoms with Gasteiger partial charge in [0.25, 0.3) is 0 Å². The Hall–Kier alpha value is -1.29. The molecule has 0 aliphatic rings. The summed E-state index contributed by atoms with van der Waals surface area (Å²) in [6, 6.07) is 1.40. The van der Waals surface area contributed by atoms with Crippen molar-refractivity contribution in [3.8, 4) is 0 Å². The van der Waals surface area contributed by atoms with Crippen LogP contribution in [0.4, 0.5) is 5.82 Å². The van der Waals surface area contributed by atoms with Gasteiger partial charge in [0.05, 0.1) is 10.6 Å². The van der Waals surface area contributed by atoms with Crippen molar-refractivity contribution in [3.05, 3.63) is 22.8 Å². The van der Waals surface area contributed by atoms with Gasteiger partial charge >= 0.3 is 5.97 Å². The molecule has 0 amide bonds. The van der Waals surface area contributed by atoms with E-state index in [1.807, 2.05) is 18.7 Å². The summed E-state index contributed by atoms with van der Waals surface area (Å²) in [7, 11) is 0. The van der Waals surface area contributed by atoms with Crippen molar-refractivity contribution in [2.45, 2.75) is 13.8 Å². The molecule has 5 heteroatoms. The molecule has 0 saturated carbocycles. The zero-order chi connectivity index (χ0) is 11.4. The summed E-state index contributed by atoms with van der Waals surface area (Å²) in [5.74, 6) is -0.502. The third kappa shape index (κ3) is 2.39. The third-order valence-corrected chi connectivity index (χ3v) is 2.54. The maximum atomic E-state index is 10.8. The Kier molecular flexibility index (Phi) is 3.91. The predicted octanol–water partition coefficient (Wildman–Crippen LogP) is 2.28. The number of aromatic nitrogens is 1. The minimum absolute atomic E-state index is 0.0913. The molecule has 0 fully saturated rings.